The summed E-state index contributed by atoms with van der Waals surface area (Å²) in [5.41, 5.74) is 5.05. The fraction of sp³-hybridized carbons (Fsp3) is 0.385. The second-order valence-corrected chi connectivity index (χ2v) is 4.35. The molecule has 6 nitrogen and oxygen atoms in total. The van der Waals surface area contributed by atoms with Gasteiger partial charge in [-0.05, 0) is 25.0 Å². The van der Waals surface area contributed by atoms with Crippen molar-refractivity contribution in [1.82, 2.24) is 0 Å². The predicted octanol–water partition coefficient (Wildman–Crippen LogP) is 1.55. The highest BCUT2D eigenvalue weighted by molar-refractivity contribution is 5.99. The minimum absolute atomic E-state index is 0.219. The molecule has 0 aliphatic heterocycles. The van der Waals surface area contributed by atoms with Crippen LogP contribution in [0, 0.1) is 0 Å². The van der Waals surface area contributed by atoms with Crippen LogP contribution in [-0.4, -0.2) is 27.6 Å². The lowest BCUT2D eigenvalue weighted by molar-refractivity contribution is -0.121. The van der Waals surface area contributed by atoms with E-state index in [1.54, 1.807) is 0 Å². The number of phenols is 1. The molecule has 19 heavy (non-hydrogen) atoms. The molecule has 0 aliphatic carbocycles. The van der Waals surface area contributed by atoms with Gasteiger partial charge in [-0.15, -0.1) is 0 Å². The van der Waals surface area contributed by atoms with E-state index in [4.69, 9.17) is 10.8 Å². The number of amides is 1. The second kappa shape index (κ2) is 5.71. The molecule has 1 rings (SSSR count). The maximum absolute atomic E-state index is 12.0. The average Bonchev–Trinajstić information content (AvgIpc) is 2.37. The predicted molar refractivity (Wildman–Crippen MR) is 71.2 cm³/mol. The van der Waals surface area contributed by atoms with E-state index in [2.05, 4.69) is 5.32 Å². The van der Waals surface area contributed by atoms with Gasteiger partial charge in [-0.3, -0.25) is 4.79 Å². The summed E-state index contributed by atoms with van der Waals surface area (Å²) in [5.74, 6) is -1.99. The molecular formula is C13H18N2O4. The standard InChI is InChI=1S/C13H18N2O4/c1-3-13(14,4-2)12(19)15-8-5-6-9(11(17)18)10(16)7-8/h5-7,16H,3-4,14H2,1-2H3,(H,15,19)(H,17,18). The minimum atomic E-state index is -1.23. The Hall–Kier alpha value is -2.08. The van der Waals surface area contributed by atoms with Crippen LogP contribution in [0.3, 0.4) is 0 Å². The number of hydrogen-bond donors (Lipinski definition) is 4. The number of nitrogens with one attached hydrogen (secondary N) is 1. The Bertz CT molecular complexity index is 495. The van der Waals surface area contributed by atoms with Crippen LogP contribution >= 0.6 is 0 Å². The first-order chi connectivity index (χ1) is 8.84. The summed E-state index contributed by atoms with van der Waals surface area (Å²) >= 11 is 0. The van der Waals surface area contributed by atoms with Gasteiger partial charge in [-0.25, -0.2) is 4.79 Å². The summed E-state index contributed by atoms with van der Waals surface area (Å²) in [5, 5.41) is 20.9. The fourth-order valence-corrected chi connectivity index (χ4v) is 1.62. The monoisotopic (exact) mass is 266 g/mol. The molecule has 0 spiro atoms. The molecule has 0 bridgehead atoms. The number of hydrogen-bond acceptors (Lipinski definition) is 4. The zero-order valence-electron chi connectivity index (χ0n) is 10.9. The van der Waals surface area contributed by atoms with Gasteiger partial charge >= 0.3 is 5.97 Å². The summed E-state index contributed by atoms with van der Waals surface area (Å²) < 4.78 is 0. The van der Waals surface area contributed by atoms with Crippen molar-refractivity contribution in [3.8, 4) is 5.75 Å². The van der Waals surface area contributed by atoms with Gasteiger partial charge < -0.3 is 21.3 Å². The summed E-state index contributed by atoms with van der Waals surface area (Å²) in [7, 11) is 0. The smallest absolute Gasteiger partial charge is 0.339 e. The first-order valence-electron chi connectivity index (χ1n) is 6.00. The molecule has 104 valence electrons. The Labute approximate surface area is 111 Å². The molecule has 0 saturated carbocycles. The lowest BCUT2D eigenvalue weighted by Crippen LogP contribution is -2.50. The van der Waals surface area contributed by atoms with Gasteiger partial charge in [0, 0.05) is 11.8 Å². The number of carboxylic acids is 1. The number of carboxylic acid groups (broad SMARTS) is 1. The molecule has 0 aliphatic rings. The molecule has 0 radical (unpaired) electrons. The molecule has 6 heteroatoms. The Balaban J connectivity index is 2.92. The highest BCUT2D eigenvalue weighted by atomic mass is 16.4. The first-order valence-corrected chi connectivity index (χ1v) is 6.00. The van der Waals surface area contributed by atoms with Gasteiger partial charge in [0.25, 0.3) is 0 Å². The highest BCUT2D eigenvalue weighted by Gasteiger charge is 2.30. The van der Waals surface area contributed by atoms with E-state index < -0.39 is 17.3 Å². The molecule has 1 aromatic rings. The van der Waals surface area contributed by atoms with Gasteiger partial charge in [0.2, 0.25) is 5.91 Å². The van der Waals surface area contributed by atoms with E-state index in [1.165, 1.54) is 18.2 Å². The third-order valence-corrected chi connectivity index (χ3v) is 3.20. The molecule has 0 aromatic heterocycles. The van der Waals surface area contributed by atoms with Crippen molar-refractivity contribution in [2.24, 2.45) is 5.73 Å². The lowest BCUT2D eigenvalue weighted by Gasteiger charge is -2.25. The molecule has 1 aromatic carbocycles. The second-order valence-electron chi connectivity index (χ2n) is 4.35. The Morgan fingerprint density at radius 1 is 1.32 bits per heavy atom. The zero-order valence-corrected chi connectivity index (χ0v) is 10.9. The molecule has 0 fully saturated rings. The van der Waals surface area contributed by atoms with Crippen LogP contribution in [-0.2, 0) is 4.79 Å². The lowest BCUT2D eigenvalue weighted by atomic mass is 9.93. The number of carbonyl (C=O) groups is 2. The van der Waals surface area contributed by atoms with Gasteiger partial charge in [-0.2, -0.15) is 0 Å². The number of anilines is 1. The number of benzene rings is 1. The first kappa shape index (κ1) is 15.0. The van der Waals surface area contributed by atoms with Crippen LogP contribution in [0.5, 0.6) is 5.75 Å². The third-order valence-electron chi connectivity index (χ3n) is 3.20. The van der Waals surface area contributed by atoms with Crippen LogP contribution in [0.2, 0.25) is 0 Å². The molecule has 5 N–H and O–H groups in total. The summed E-state index contributed by atoms with van der Waals surface area (Å²) in [6, 6.07) is 3.82. The summed E-state index contributed by atoms with van der Waals surface area (Å²) in [6.07, 6.45) is 0.961. The quantitative estimate of drug-likeness (QED) is 0.645. The van der Waals surface area contributed by atoms with Gasteiger partial charge in [0.1, 0.15) is 11.3 Å². The summed E-state index contributed by atoms with van der Waals surface area (Å²) in [4.78, 5) is 22.7. The fourth-order valence-electron chi connectivity index (χ4n) is 1.62. The average molecular weight is 266 g/mol. The molecular weight excluding hydrogens is 248 g/mol. The van der Waals surface area contributed by atoms with Crippen LogP contribution in [0.25, 0.3) is 0 Å². The highest BCUT2D eigenvalue weighted by Crippen LogP contribution is 2.23. The molecule has 0 atom stereocenters. The van der Waals surface area contributed by atoms with E-state index in [0.717, 1.165) is 0 Å². The maximum atomic E-state index is 12.0. The van der Waals surface area contributed by atoms with E-state index >= 15 is 0 Å². The number of rotatable bonds is 5. The Morgan fingerprint density at radius 3 is 2.32 bits per heavy atom. The van der Waals surface area contributed by atoms with E-state index in [9.17, 15) is 14.7 Å². The van der Waals surface area contributed by atoms with Gasteiger partial charge in [-0.1, -0.05) is 13.8 Å². The molecule has 0 heterocycles. The third kappa shape index (κ3) is 3.23. The van der Waals surface area contributed by atoms with Crippen molar-refractivity contribution in [2.75, 3.05) is 5.32 Å². The van der Waals surface area contributed by atoms with Crippen LogP contribution in [0.4, 0.5) is 5.69 Å². The molecule has 0 unspecified atom stereocenters. The van der Waals surface area contributed by atoms with Crippen molar-refractivity contribution in [3.63, 3.8) is 0 Å². The van der Waals surface area contributed by atoms with E-state index in [0.29, 0.717) is 18.5 Å². The van der Waals surface area contributed by atoms with Crippen molar-refractivity contribution >= 4 is 17.6 Å². The Kier molecular flexibility index (Phi) is 4.50. The SMILES string of the molecule is CCC(N)(CC)C(=O)Nc1ccc(C(=O)O)c(O)c1. The topological polar surface area (TPSA) is 113 Å². The zero-order chi connectivity index (χ0) is 14.6. The van der Waals surface area contributed by atoms with Crippen LogP contribution < -0.4 is 11.1 Å². The van der Waals surface area contributed by atoms with Crippen molar-refractivity contribution < 1.29 is 19.8 Å². The van der Waals surface area contributed by atoms with Crippen molar-refractivity contribution in [1.29, 1.82) is 0 Å². The normalized spacial score (nSPS) is 11.1. The maximum Gasteiger partial charge on any atom is 0.339 e. The number of carbonyl (C=O) groups excluding carboxylic acids is 1. The minimum Gasteiger partial charge on any atom is -0.507 e. The Morgan fingerprint density at radius 2 is 1.89 bits per heavy atom. The van der Waals surface area contributed by atoms with Crippen molar-refractivity contribution in [2.45, 2.75) is 32.2 Å². The summed E-state index contributed by atoms with van der Waals surface area (Å²) in [6.45, 7) is 3.63. The molecule has 1 amide bonds. The largest absolute Gasteiger partial charge is 0.507 e. The van der Waals surface area contributed by atoms with E-state index in [-0.39, 0.29) is 11.5 Å². The van der Waals surface area contributed by atoms with Crippen molar-refractivity contribution in [3.05, 3.63) is 23.8 Å². The number of nitrogens with two attached hydrogens (primary N) is 1. The van der Waals surface area contributed by atoms with Crippen LogP contribution in [0.15, 0.2) is 18.2 Å². The van der Waals surface area contributed by atoms with Gasteiger partial charge in [0.05, 0.1) is 5.54 Å². The molecule has 0 saturated heterocycles. The number of aromatic carboxylic acids is 1. The van der Waals surface area contributed by atoms with E-state index in [1.807, 2.05) is 13.8 Å². The number of aromatic hydroxyl groups is 1. The van der Waals surface area contributed by atoms with Crippen LogP contribution in [0.1, 0.15) is 37.0 Å². The van der Waals surface area contributed by atoms with Gasteiger partial charge in [0.15, 0.2) is 0 Å².